The summed E-state index contributed by atoms with van der Waals surface area (Å²) in [5.41, 5.74) is 11.8. The van der Waals surface area contributed by atoms with Gasteiger partial charge >= 0.3 is 0 Å². The highest BCUT2D eigenvalue weighted by Gasteiger charge is 2.13. The summed E-state index contributed by atoms with van der Waals surface area (Å²) in [7, 11) is 0. The van der Waals surface area contributed by atoms with E-state index in [-0.39, 0.29) is 11.4 Å². The van der Waals surface area contributed by atoms with Gasteiger partial charge in [0, 0.05) is 18.2 Å². The summed E-state index contributed by atoms with van der Waals surface area (Å²) in [6.07, 6.45) is 3.18. The Kier molecular flexibility index (Phi) is 5.10. The van der Waals surface area contributed by atoms with Gasteiger partial charge in [0.15, 0.2) is 0 Å². The Bertz CT molecular complexity index is 457. The summed E-state index contributed by atoms with van der Waals surface area (Å²) in [5.74, 6) is 0.314. The summed E-state index contributed by atoms with van der Waals surface area (Å²) < 4.78 is 0. The van der Waals surface area contributed by atoms with Crippen LogP contribution >= 0.6 is 0 Å². The van der Waals surface area contributed by atoms with Crippen molar-refractivity contribution in [3.63, 3.8) is 0 Å². The number of nitrogen functional groups attached to an aromatic ring is 1. The predicted octanol–water partition coefficient (Wildman–Crippen LogP) is 2.07. The maximum Gasteiger partial charge on any atom is 0.292 e. The molecule has 0 amide bonds. The summed E-state index contributed by atoms with van der Waals surface area (Å²) in [5, 5.41) is 10.7. The van der Waals surface area contributed by atoms with Crippen LogP contribution in [0.15, 0.2) is 23.2 Å². The van der Waals surface area contributed by atoms with Crippen molar-refractivity contribution < 1.29 is 4.92 Å². The molecule has 0 aliphatic rings. The Hall–Kier alpha value is -2.11. The fourth-order valence-electron chi connectivity index (χ4n) is 1.51. The molecule has 1 aromatic carbocycles. The number of benzene rings is 1. The largest absolute Gasteiger partial charge is 0.393 e. The molecular weight excluding hydrogens is 232 g/mol. The molecule has 0 radical (unpaired) electrons. The van der Waals surface area contributed by atoms with Gasteiger partial charge in [-0.05, 0) is 18.6 Å². The number of nitrogens with two attached hydrogens (primary N) is 2. The third kappa shape index (κ3) is 3.73. The Morgan fingerprint density at radius 3 is 2.78 bits per heavy atom. The molecule has 0 aromatic heterocycles. The van der Waals surface area contributed by atoms with Gasteiger partial charge < -0.3 is 11.5 Å². The Morgan fingerprint density at radius 1 is 1.44 bits per heavy atom. The van der Waals surface area contributed by atoms with E-state index in [0.717, 1.165) is 19.3 Å². The monoisotopic (exact) mass is 250 g/mol. The predicted molar refractivity (Wildman–Crippen MR) is 72.6 cm³/mol. The molecule has 18 heavy (non-hydrogen) atoms. The first-order chi connectivity index (χ1) is 8.56. The third-order valence-corrected chi connectivity index (χ3v) is 2.57. The zero-order chi connectivity index (χ0) is 13.5. The normalized spacial score (nSPS) is 11.5. The lowest BCUT2D eigenvalue weighted by molar-refractivity contribution is -0.383. The van der Waals surface area contributed by atoms with E-state index in [1.807, 2.05) is 0 Å². The number of rotatable bonds is 6. The molecule has 0 atom stereocenters. The van der Waals surface area contributed by atoms with Crippen molar-refractivity contribution >= 4 is 17.2 Å². The SMILES string of the molecule is CCCCCN=C(N)c1ccc(N)c([N+](=O)[O-])c1. The topological polar surface area (TPSA) is 108 Å². The average molecular weight is 250 g/mol. The van der Waals surface area contributed by atoms with Crippen LogP contribution < -0.4 is 11.5 Å². The highest BCUT2D eigenvalue weighted by molar-refractivity contribution is 5.98. The quantitative estimate of drug-likeness (QED) is 0.201. The highest BCUT2D eigenvalue weighted by atomic mass is 16.6. The van der Waals surface area contributed by atoms with Gasteiger partial charge in [-0.2, -0.15) is 0 Å². The molecule has 0 aliphatic carbocycles. The molecule has 0 unspecified atom stereocenters. The number of hydrogen-bond donors (Lipinski definition) is 2. The van der Waals surface area contributed by atoms with E-state index >= 15 is 0 Å². The van der Waals surface area contributed by atoms with Gasteiger partial charge in [0.25, 0.3) is 5.69 Å². The van der Waals surface area contributed by atoms with Gasteiger partial charge in [0.05, 0.1) is 4.92 Å². The number of nitrogens with zero attached hydrogens (tertiary/aromatic N) is 2. The van der Waals surface area contributed by atoms with Crippen molar-refractivity contribution in [3.8, 4) is 0 Å². The fourth-order valence-corrected chi connectivity index (χ4v) is 1.51. The molecule has 0 bridgehead atoms. The molecule has 1 rings (SSSR count). The van der Waals surface area contributed by atoms with Gasteiger partial charge in [-0.1, -0.05) is 19.8 Å². The van der Waals surface area contributed by atoms with Crippen LogP contribution in [-0.4, -0.2) is 17.3 Å². The zero-order valence-corrected chi connectivity index (χ0v) is 10.4. The first-order valence-corrected chi connectivity index (χ1v) is 5.90. The molecular formula is C12H18N4O2. The zero-order valence-electron chi connectivity index (χ0n) is 10.4. The molecule has 6 nitrogen and oxygen atoms in total. The van der Waals surface area contributed by atoms with Crippen molar-refractivity contribution in [1.82, 2.24) is 0 Å². The number of hydrogen-bond acceptors (Lipinski definition) is 4. The van der Waals surface area contributed by atoms with Crippen LogP contribution in [0.5, 0.6) is 0 Å². The van der Waals surface area contributed by atoms with E-state index in [1.165, 1.54) is 12.1 Å². The number of aliphatic imine (C=N–C) groups is 1. The van der Waals surface area contributed by atoms with E-state index in [1.54, 1.807) is 6.07 Å². The highest BCUT2D eigenvalue weighted by Crippen LogP contribution is 2.22. The molecule has 0 heterocycles. The Balaban J connectivity index is 2.83. The van der Waals surface area contributed by atoms with Gasteiger partial charge in [0.1, 0.15) is 11.5 Å². The number of unbranched alkanes of at least 4 members (excludes halogenated alkanes) is 2. The molecule has 0 fully saturated rings. The summed E-state index contributed by atoms with van der Waals surface area (Å²) in [6, 6.07) is 4.47. The lowest BCUT2D eigenvalue weighted by Crippen LogP contribution is -2.14. The van der Waals surface area contributed by atoms with E-state index in [0.29, 0.717) is 17.9 Å². The van der Waals surface area contributed by atoms with Crippen molar-refractivity contribution in [2.75, 3.05) is 12.3 Å². The summed E-state index contributed by atoms with van der Waals surface area (Å²) in [4.78, 5) is 14.4. The van der Waals surface area contributed by atoms with Crippen LogP contribution in [-0.2, 0) is 0 Å². The molecule has 0 saturated carbocycles. The second kappa shape index (κ2) is 6.58. The van der Waals surface area contributed by atoms with Gasteiger partial charge in [-0.25, -0.2) is 0 Å². The molecule has 0 saturated heterocycles. The maximum absolute atomic E-state index is 10.7. The number of anilines is 1. The Labute approximate surface area is 106 Å². The second-order valence-corrected chi connectivity index (χ2v) is 4.00. The van der Waals surface area contributed by atoms with Crippen molar-refractivity contribution in [2.24, 2.45) is 10.7 Å². The standard InChI is InChI=1S/C12H18N4O2/c1-2-3-4-7-15-12(14)9-5-6-10(13)11(8-9)16(17)18/h5-6,8H,2-4,7,13H2,1H3,(H2,14,15). The van der Waals surface area contributed by atoms with Crippen LogP contribution in [0.3, 0.4) is 0 Å². The van der Waals surface area contributed by atoms with Gasteiger partial charge in [0.2, 0.25) is 0 Å². The van der Waals surface area contributed by atoms with E-state index < -0.39 is 4.92 Å². The minimum Gasteiger partial charge on any atom is -0.393 e. The second-order valence-electron chi connectivity index (χ2n) is 4.00. The fraction of sp³-hybridized carbons (Fsp3) is 0.417. The molecule has 1 aromatic rings. The minimum atomic E-state index is -0.525. The van der Waals surface area contributed by atoms with Gasteiger partial charge in [-0.3, -0.25) is 15.1 Å². The number of nitro groups is 1. The molecule has 0 aliphatic heterocycles. The lowest BCUT2D eigenvalue weighted by atomic mass is 10.1. The molecule has 4 N–H and O–H groups in total. The summed E-state index contributed by atoms with van der Waals surface area (Å²) in [6.45, 7) is 2.74. The van der Waals surface area contributed by atoms with Crippen molar-refractivity contribution in [1.29, 1.82) is 0 Å². The van der Waals surface area contributed by atoms with Crippen molar-refractivity contribution in [3.05, 3.63) is 33.9 Å². The Morgan fingerprint density at radius 2 is 2.17 bits per heavy atom. The van der Waals surface area contributed by atoms with Crippen LogP contribution in [0.4, 0.5) is 11.4 Å². The van der Waals surface area contributed by atoms with Crippen LogP contribution in [0.1, 0.15) is 31.7 Å². The van der Waals surface area contributed by atoms with E-state index in [9.17, 15) is 10.1 Å². The first-order valence-electron chi connectivity index (χ1n) is 5.90. The molecule has 98 valence electrons. The maximum atomic E-state index is 10.7. The number of amidine groups is 1. The smallest absolute Gasteiger partial charge is 0.292 e. The van der Waals surface area contributed by atoms with Crippen LogP contribution in [0.2, 0.25) is 0 Å². The lowest BCUT2D eigenvalue weighted by Gasteiger charge is -2.03. The van der Waals surface area contributed by atoms with E-state index in [4.69, 9.17) is 11.5 Å². The minimum absolute atomic E-state index is 0.127. The third-order valence-electron chi connectivity index (χ3n) is 2.57. The first kappa shape index (κ1) is 14.0. The van der Waals surface area contributed by atoms with Crippen LogP contribution in [0, 0.1) is 10.1 Å². The molecule has 6 heteroatoms. The number of nitro benzene ring substituents is 1. The van der Waals surface area contributed by atoms with Crippen LogP contribution in [0.25, 0.3) is 0 Å². The van der Waals surface area contributed by atoms with E-state index in [2.05, 4.69) is 11.9 Å². The molecule has 0 spiro atoms. The average Bonchev–Trinajstić information content (AvgIpc) is 2.34. The van der Waals surface area contributed by atoms with Gasteiger partial charge in [-0.15, -0.1) is 0 Å². The summed E-state index contributed by atoms with van der Waals surface area (Å²) >= 11 is 0. The van der Waals surface area contributed by atoms with Crippen molar-refractivity contribution in [2.45, 2.75) is 26.2 Å².